The van der Waals surface area contributed by atoms with Crippen molar-refractivity contribution in [2.75, 3.05) is 0 Å². The third-order valence-corrected chi connectivity index (χ3v) is 3.74. The highest BCUT2D eigenvalue weighted by Crippen LogP contribution is 2.06. The van der Waals surface area contributed by atoms with Crippen LogP contribution in [0.2, 0.25) is 0 Å². The van der Waals surface area contributed by atoms with Crippen LogP contribution in [0, 0.1) is 0 Å². The van der Waals surface area contributed by atoms with Crippen molar-refractivity contribution < 1.29 is 14.7 Å². The first-order chi connectivity index (χ1) is 11.5. The second kappa shape index (κ2) is 8.72. The first-order valence-corrected chi connectivity index (χ1v) is 7.95. The minimum Gasteiger partial charge on any atom is -0.478 e. The standard InChI is InChI=1S/C19H22N2O3/c1-14(7-8-15-5-3-2-4-6-15)21-19(24)20-13-16-9-11-17(12-10-16)18(22)23/h2-6,9-12,14H,7-8,13H2,1H3,(H,22,23)(H2,20,21,24). The van der Waals surface area contributed by atoms with Gasteiger partial charge in [0.2, 0.25) is 0 Å². The molecule has 0 spiro atoms. The SMILES string of the molecule is CC(CCc1ccccc1)NC(=O)NCc1ccc(C(=O)O)cc1. The number of aryl methyl sites for hydroxylation is 1. The molecule has 126 valence electrons. The van der Waals surface area contributed by atoms with Crippen LogP contribution in [0.25, 0.3) is 0 Å². The Morgan fingerprint density at radius 3 is 2.29 bits per heavy atom. The fourth-order valence-corrected chi connectivity index (χ4v) is 2.32. The van der Waals surface area contributed by atoms with Gasteiger partial charge in [0.1, 0.15) is 0 Å². The van der Waals surface area contributed by atoms with Gasteiger partial charge in [-0.05, 0) is 43.0 Å². The van der Waals surface area contributed by atoms with E-state index in [1.54, 1.807) is 12.1 Å². The van der Waals surface area contributed by atoms with Gasteiger partial charge in [0.05, 0.1) is 5.56 Å². The molecule has 1 unspecified atom stereocenters. The lowest BCUT2D eigenvalue weighted by Crippen LogP contribution is -2.40. The Balaban J connectivity index is 1.71. The average molecular weight is 326 g/mol. The van der Waals surface area contributed by atoms with Crippen molar-refractivity contribution in [2.24, 2.45) is 0 Å². The van der Waals surface area contributed by atoms with Crippen LogP contribution in [0.1, 0.15) is 34.8 Å². The number of nitrogens with one attached hydrogen (secondary N) is 2. The van der Waals surface area contributed by atoms with Crippen LogP contribution in [0.3, 0.4) is 0 Å². The monoisotopic (exact) mass is 326 g/mol. The van der Waals surface area contributed by atoms with Crippen LogP contribution in [0.4, 0.5) is 4.79 Å². The average Bonchev–Trinajstić information content (AvgIpc) is 2.59. The van der Waals surface area contributed by atoms with E-state index in [1.807, 2.05) is 25.1 Å². The summed E-state index contributed by atoms with van der Waals surface area (Å²) in [6, 6.07) is 16.5. The van der Waals surface area contributed by atoms with Gasteiger partial charge in [-0.2, -0.15) is 0 Å². The molecule has 24 heavy (non-hydrogen) atoms. The molecule has 2 aromatic carbocycles. The molecule has 0 aromatic heterocycles. The van der Waals surface area contributed by atoms with Gasteiger partial charge in [-0.25, -0.2) is 9.59 Å². The van der Waals surface area contributed by atoms with Crippen molar-refractivity contribution in [1.82, 2.24) is 10.6 Å². The Morgan fingerprint density at radius 2 is 1.67 bits per heavy atom. The topological polar surface area (TPSA) is 78.4 Å². The molecule has 0 bridgehead atoms. The molecule has 0 saturated carbocycles. The minimum absolute atomic E-state index is 0.0691. The van der Waals surface area contributed by atoms with Crippen molar-refractivity contribution in [3.05, 3.63) is 71.3 Å². The van der Waals surface area contributed by atoms with E-state index in [0.717, 1.165) is 18.4 Å². The smallest absolute Gasteiger partial charge is 0.335 e. The van der Waals surface area contributed by atoms with E-state index in [1.165, 1.54) is 17.7 Å². The molecule has 0 saturated heterocycles. The number of benzene rings is 2. The zero-order chi connectivity index (χ0) is 17.4. The highest BCUT2D eigenvalue weighted by molar-refractivity contribution is 5.87. The van der Waals surface area contributed by atoms with Gasteiger partial charge in [0, 0.05) is 12.6 Å². The Labute approximate surface area is 141 Å². The minimum atomic E-state index is -0.959. The first-order valence-electron chi connectivity index (χ1n) is 7.95. The van der Waals surface area contributed by atoms with E-state index in [0.29, 0.717) is 6.54 Å². The third kappa shape index (κ3) is 5.76. The van der Waals surface area contributed by atoms with Crippen LogP contribution in [0.15, 0.2) is 54.6 Å². The lowest BCUT2D eigenvalue weighted by Gasteiger charge is -2.14. The normalized spacial score (nSPS) is 11.5. The number of urea groups is 1. The molecule has 5 heteroatoms. The van der Waals surface area contributed by atoms with Crippen molar-refractivity contribution >= 4 is 12.0 Å². The lowest BCUT2D eigenvalue weighted by molar-refractivity contribution is 0.0697. The zero-order valence-corrected chi connectivity index (χ0v) is 13.7. The van der Waals surface area contributed by atoms with Crippen LogP contribution in [-0.4, -0.2) is 23.1 Å². The molecule has 0 heterocycles. The molecule has 0 aliphatic heterocycles. The van der Waals surface area contributed by atoms with Gasteiger partial charge in [-0.15, -0.1) is 0 Å². The van der Waals surface area contributed by atoms with Crippen molar-refractivity contribution in [2.45, 2.75) is 32.4 Å². The van der Waals surface area contributed by atoms with Crippen LogP contribution in [-0.2, 0) is 13.0 Å². The highest BCUT2D eigenvalue weighted by Gasteiger charge is 2.07. The second-order valence-electron chi connectivity index (χ2n) is 5.75. The van der Waals surface area contributed by atoms with E-state index >= 15 is 0 Å². The summed E-state index contributed by atoms with van der Waals surface area (Å²) in [5, 5.41) is 14.5. The number of carbonyl (C=O) groups excluding carboxylic acids is 1. The van der Waals surface area contributed by atoms with E-state index in [-0.39, 0.29) is 17.6 Å². The van der Waals surface area contributed by atoms with Gasteiger partial charge in [-0.1, -0.05) is 42.5 Å². The van der Waals surface area contributed by atoms with Crippen molar-refractivity contribution in [3.63, 3.8) is 0 Å². The molecule has 2 aromatic rings. The van der Waals surface area contributed by atoms with Gasteiger partial charge in [-0.3, -0.25) is 0 Å². The summed E-state index contributed by atoms with van der Waals surface area (Å²) >= 11 is 0. The molecule has 2 amide bonds. The summed E-state index contributed by atoms with van der Waals surface area (Å²) in [6.45, 7) is 2.33. The number of aromatic carboxylic acids is 1. The molecule has 0 aliphatic carbocycles. The van der Waals surface area contributed by atoms with E-state index in [4.69, 9.17) is 5.11 Å². The van der Waals surface area contributed by atoms with E-state index in [2.05, 4.69) is 22.8 Å². The number of hydrogen-bond donors (Lipinski definition) is 3. The molecule has 0 fully saturated rings. The molecule has 3 N–H and O–H groups in total. The summed E-state index contributed by atoms with van der Waals surface area (Å²) in [7, 11) is 0. The summed E-state index contributed by atoms with van der Waals surface area (Å²) in [4.78, 5) is 22.7. The summed E-state index contributed by atoms with van der Waals surface area (Å²) in [5.41, 5.74) is 2.34. The molecule has 5 nitrogen and oxygen atoms in total. The zero-order valence-electron chi connectivity index (χ0n) is 13.7. The quantitative estimate of drug-likeness (QED) is 0.731. The van der Waals surface area contributed by atoms with Crippen LogP contribution >= 0.6 is 0 Å². The number of hydrogen-bond acceptors (Lipinski definition) is 2. The van der Waals surface area contributed by atoms with Gasteiger partial charge in [0.15, 0.2) is 0 Å². The summed E-state index contributed by atoms with van der Waals surface area (Å²) in [6.07, 6.45) is 1.78. The third-order valence-electron chi connectivity index (χ3n) is 3.74. The Morgan fingerprint density at radius 1 is 1.00 bits per heavy atom. The van der Waals surface area contributed by atoms with Crippen LogP contribution < -0.4 is 10.6 Å². The molecule has 0 radical (unpaired) electrons. The predicted molar refractivity (Wildman–Crippen MR) is 93.0 cm³/mol. The van der Waals surface area contributed by atoms with E-state index < -0.39 is 5.97 Å². The number of rotatable bonds is 7. The van der Waals surface area contributed by atoms with Crippen molar-refractivity contribution in [3.8, 4) is 0 Å². The van der Waals surface area contributed by atoms with Crippen LogP contribution in [0.5, 0.6) is 0 Å². The molecular formula is C19H22N2O3. The Kier molecular flexibility index (Phi) is 6.37. The van der Waals surface area contributed by atoms with Gasteiger partial charge < -0.3 is 15.7 Å². The van der Waals surface area contributed by atoms with Gasteiger partial charge >= 0.3 is 12.0 Å². The van der Waals surface area contributed by atoms with E-state index in [9.17, 15) is 9.59 Å². The number of carboxylic acid groups (broad SMARTS) is 1. The molecule has 1 atom stereocenters. The van der Waals surface area contributed by atoms with Crippen molar-refractivity contribution in [1.29, 1.82) is 0 Å². The Hall–Kier alpha value is -2.82. The second-order valence-corrected chi connectivity index (χ2v) is 5.75. The highest BCUT2D eigenvalue weighted by atomic mass is 16.4. The fraction of sp³-hybridized carbons (Fsp3) is 0.263. The number of amides is 2. The molecule has 2 rings (SSSR count). The maximum atomic E-state index is 11.9. The number of carboxylic acids is 1. The largest absolute Gasteiger partial charge is 0.478 e. The Bertz CT molecular complexity index is 669. The maximum absolute atomic E-state index is 11.9. The summed E-state index contributed by atoms with van der Waals surface area (Å²) in [5.74, 6) is -0.959. The predicted octanol–water partition coefficient (Wildman–Crippen LogP) is 3.21. The maximum Gasteiger partial charge on any atom is 0.335 e. The molecular weight excluding hydrogens is 304 g/mol. The number of carbonyl (C=O) groups is 2. The first kappa shape index (κ1) is 17.5. The van der Waals surface area contributed by atoms with Gasteiger partial charge in [0.25, 0.3) is 0 Å². The summed E-state index contributed by atoms with van der Waals surface area (Å²) < 4.78 is 0. The fourth-order valence-electron chi connectivity index (χ4n) is 2.32. The molecule has 0 aliphatic rings. The lowest BCUT2D eigenvalue weighted by atomic mass is 10.1.